The Balaban J connectivity index is 1.55. The predicted octanol–water partition coefficient (Wildman–Crippen LogP) is 3.65. The van der Waals surface area contributed by atoms with Crippen LogP contribution in [0, 0.1) is 5.92 Å². The van der Waals surface area contributed by atoms with Crippen molar-refractivity contribution in [2.75, 3.05) is 19.7 Å². The Morgan fingerprint density at radius 1 is 1.28 bits per heavy atom. The number of amides is 1. The third kappa shape index (κ3) is 6.76. The molecule has 1 aliphatic rings. The van der Waals surface area contributed by atoms with Crippen LogP contribution in [0.15, 0.2) is 16.8 Å². The molecule has 1 fully saturated rings. The Bertz CT molecular complexity index is 542. The van der Waals surface area contributed by atoms with Gasteiger partial charge in [0.15, 0.2) is 0 Å². The van der Waals surface area contributed by atoms with Crippen LogP contribution in [0.4, 0.5) is 4.79 Å². The van der Waals surface area contributed by atoms with Gasteiger partial charge in [-0.15, -0.1) is 0 Å². The molecular formula is C18H28N2O5. The largest absolute Gasteiger partial charge is 0.460 e. The number of hydrogen-bond acceptors (Lipinski definition) is 6. The van der Waals surface area contributed by atoms with E-state index in [0.717, 1.165) is 45.2 Å². The first kappa shape index (κ1) is 19.3. The highest BCUT2D eigenvalue weighted by Gasteiger charge is 2.26. The first-order valence-corrected chi connectivity index (χ1v) is 8.91. The SMILES string of the molecule is CC(C)(C)OC(=O)N1CCC(CCCCOC(=O)c2ccno2)CC1. The molecule has 1 saturated heterocycles. The number of unbranched alkanes of at least 4 members (excludes halogenated alkanes) is 1. The fraction of sp³-hybridized carbons (Fsp3) is 0.722. The van der Waals surface area contributed by atoms with E-state index in [9.17, 15) is 9.59 Å². The standard InChI is InChI=1S/C18H28N2O5/c1-18(2,3)24-17(22)20-11-8-14(9-12-20)6-4-5-13-23-16(21)15-7-10-19-25-15/h7,10,14H,4-6,8-9,11-13H2,1-3H3. The van der Waals surface area contributed by atoms with Crippen LogP contribution >= 0.6 is 0 Å². The maximum atomic E-state index is 12.0. The molecule has 7 nitrogen and oxygen atoms in total. The molecule has 0 atom stereocenters. The molecule has 1 amide bonds. The quantitative estimate of drug-likeness (QED) is 0.574. The summed E-state index contributed by atoms with van der Waals surface area (Å²) in [5.74, 6) is 0.279. The van der Waals surface area contributed by atoms with Crippen molar-refractivity contribution in [2.24, 2.45) is 5.92 Å². The molecule has 0 saturated carbocycles. The molecule has 0 aliphatic carbocycles. The Morgan fingerprint density at radius 2 is 2.00 bits per heavy atom. The number of carbonyl (C=O) groups excluding carboxylic acids is 2. The number of esters is 1. The molecule has 0 unspecified atom stereocenters. The second kappa shape index (κ2) is 8.87. The number of ether oxygens (including phenoxy) is 2. The molecule has 1 aromatic heterocycles. The zero-order valence-electron chi connectivity index (χ0n) is 15.3. The van der Waals surface area contributed by atoms with Gasteiger partial charge in [0.2, 0.25) is 5.76 Å². The van der Waals surface area contributed by atoms with Gasteiger partial charge in [0, 0.05) is 19.2 Å². The predicted molar refractivity (Wildman–Crippen MR) is 91.2 cm³/mol. The second-order valence-electron chi connectivity index (χ2n) is 7.42. The topological polar surface area (TPSA) is 81.9 Å². The van der Waals surface area contributed by atoms with Crippen molar-refractivity contribution in [1.29, 1.82) is 0 Å². The number of nitrogens with zero attached hydrogens (tertiary/aromatic N) is 2. The number of hydrogen-bond donors (Lipinski definition) is 0. The van der Waals surface area contributed by atoms with E-state index in [-0.39, 0.29) is 11.9 Å². The fourth-order valence-electron chi connectivity index (χ4n) is 2.82. The highest BCUT2D eigenvalue weighted by atomic mass is 16.6. The first-order chi connectivity index (χ1) is 11.8. The maximum Gasteiger partial charge on any atom is 0.410 e. The highest BCUT2D eigenvalue weighted by Crippen LogP contribution is 2.24. The molecule has 25 heavy (non-hydrogen) atoms. The van der Waals surface area contributed by atoms with Crippen LogP contribution in [0.1, 0.15) is 63.4 Å². The van der Waals surface area contributed by atoms with E-state index >= 15 is 0 Å². The molecule has 2 rings (SSSR count). The van der Waals surface area contributed by atoms with E-state index in [1.807, 2.05) is 20.8 Å². The minimum absolute atomic E-state index is 0.134. The summed E-state index contributed by atoms with van der Waals surface area (Å²) in [4.78, 5) is 25.4. The highest BCUT2D eigenvalue weighted by molar-refractivity contribution is 5.85. The molecule has 7 heteroatoms. The Labute approximate surface area is 148 Å². The van der Waals surface area contributed by atoms with E-state index in [4.69, 9.17) is 14.0 Å². The first-order valence-electron chi connectivity index (χ1n) is 8.91. The zero-order valence-corrected chi connectivity index (χ0v) is 15.3. The third-order valence-electron chi connectivity index (χ3n) is 4.15. The lowest BCUT2D eigenvalue weighted by atomic mass is 9.92. The van der Waals surface area contributed by atoms with Gasteiger partial charge in [-0.2, -0.15) is 0 Å². The molecule has 2 heterocycles. The lowest BCUT2D eigenvalue weighted by Gasteiger charge is -2.33. The molecule has 0 N–H and O–H groups in total. The van der Waals surface area contributed by atoms with Gasteiger partial charge >= 0.3 is 12.1 Å². The Kier molecular flexibility index (Phi) is 6.84. The van der Waals surface area contributed by atoms with E-state index < -0.39 is 11.6 Å². The van der Waals surface area contributed by atoms with Crippen LogP contribution in [0.5, 0.6) is 0 Å². The number of piperidine rings is 1. The van der Waals surface area contributed by atoms with Crippen molar-refractivity contribution < 1.29 is 23.6 Å². The van der Waals surface area contributed by atoms with Gasteiger partial charge < -0.3 is 18.9 Å². The van der Waals surface area contributed by atoms with Crippen molar-refractivity contribution in [1.82, 2.24) is 10.1 Å². The summed E-state index contributed by atoms with van der Waals surface area (Å²) in [7, 11) is 0. The molecule has 1 aliphatic heterocycles. The number of aromatic nitrogens is 1. The summed E-state index contributed by atoms with van der Waals surface area (Å²) < 4.78 is 15.3. The van der Waals surface area contributed by atoms with Crippen molar-refractivity contribution in [3.8, 4) is 0 Å². The number of rotatable bonds is 6. The van der Waals surface area contributed by atoms with Crippen LogP contribution in [0.2, 0.25) is 0 Å². The van der Waals surface area contributed by atoms with E-state index in [0.29, 0.717) is 12.5 Å². The summed E-state index contributed by atoms with van der Waals surface area (Å²) in [5, 5.41) is 3.47. The Hall–Kier alpha value is -2.05. The van der Waals surface area contributed by atoms with Crippen LogP contribution < -0.4 is 0 Å². The average molecular weight is 352 g/mol. The zero-order chi connectivity index (χ0) is 18.3. The Morgan fingerprint density at radius 3 is 2.60 bits per heavy atom. The van der Waals surface area contributed by atoms with Crippen LogP contribution in [0.25, 0.3) is 0 Å². The van der Waals surface area contributed by atoms with Gasteiger partial charge in [-0.05, 0) is 52.4 Å². The van der Waals surface area contributed by atoms with Gasteiger partial charge in [0.1, 0.15) is 5.60 Å². The van der Waals surface area contributed by atoms with Crippen LogP contribution in [-0.4, -0.2) is 47.4 Å². The molecule has 0 aromatic carbocycles. The lowest BCUT2D eigenvalue weighted by molar-refractivity contribution is 0.0180. The second-order valence-corrected chi connectivity index (χ2v) is 7.42. The average Bonchev–Trinajstić information content (AvgIpc) is 3.08. The van der Waals surface area contributed by atoms with Crippen molar-refractivity contribution in [3.05, 3.63) is 18.0 Å². The van der Waals surface area contributed by atoms with Crippen LogP contribution in [0.3, 0.4) is 0 Å². The van der Waals surface area contributed by atoms with Gasteiger partial charge in [0.25, 0.3) is 0 Å². The monoisotopic (exact) mass is 352 g/mol. The summed E-state index contributed by atoms with van der Waals surface area (Å²) in [6.45, 7) is 7.53. The summed E-state index contributed by atoms with van der Waals surface area (Å²) in [5.41, 5.74) is -0.447. The van der Waals surface area contributed by atoms with E-state index in [1.54, 1.807) is 4.90 Å². The van der Waals surface area contributed by atoms with Crippen molar-refractivity contribution in [3.63, 3.8) is 0 Å². The summed E-state index contributed by atoms with van der Waals surface area (Å²) >= 11 is 0. The van der Waals surface area contributed by atoms with Gasteiger partial charge in [-0.1, -0.05) is 11.6 Å². The molecule has 1 aromatic rings. The van der Waals surface area contributed by atoms with Crippen molar-refractivity contribution in [2.45, 2.75) is 58.5 Å². The fourth-order valence-corrected chi connectivity index (χ4v) is 2.82. The van der Waals surface area contributed by atoms with Gasteiger partial charge in [-0.3, -0.25) is 0 Å². The minimum atomic E-state index is -0.469. The van der Waals surface area contributed by atoms with E-state index in [1.165, 1.54) is 12.3 Å². The number of likely N-dealkylation sites (tertiary alicyclic amines) is 1. The molecule has 0 radical (unpaired) electrons. The number of carbonyl (C=O) groups is 2. The van der Waals surface area contributed by atoms with Gasteiger partial charge in [0.05, 0.1) is 12.8 Å². The smallest absolute Gasteiger partial charge is 0.410 e. The van der Waals surface area contributed by atoms with Gasteiger partial charge in [-0.25, -0.2) is 9.59 Å². The van der Waals surface area contributed by atoms with Crippen LogP contribution in [-0.2, 0) is 9.47 Å². The maximum absolute atomic E-state index is 12.0. The van der Waals surface area contributed by atoms with Crippen molar-refractivity contribution >= 4 is 12.1 Å². The normalized spacial score (nSPS) is 15.9. The molecular weight excluding hydrogens is 324 g/mol. The molecule has 140 valence electrons. The lowest BCUT2D eigenvalue weighted by Crippen LogP contribution is -2.41. The molecule has 0 bridgehead atoms. The minimum Gasteiger partial charge on any atom is -0.460 e. The summed E-state index contributed by atoms with van der Waals surface area (Å²) in [6, 6.07) is 1.49. The van der Waals surface area contributed by atoms with E-state index in [2.05, 4.69) is 5.16 Å². The summed E-state index contributed by atoms with van der Waals surface area (Å²) in [6.07, 6.45) is 6.11. The molecule has 0 spiro atoms. The third-order valence-corrected chi connectivity index (χ3v) is 4.15.